The van der Waals surface area contributed by atoms with Gasteiger partial charge >= 0.3 is 5.69 Å². The monoisotopic (exact) mass is 299 g/mol. The fraction of sp³-hybridized carbons (Fsp3) is 0.333. The van der Waals surface area contributed by atoms with Gasteiger partial charge in [-0.15, -0.1) is 0 Å². The molecule has 0 spiro atoms. The van der Waals surface area contributed by atoms with Crippen molar-refractivity contribution in [2.45, 2.75) is 19.4 Å². The van der Waals surface area contributed by atoms with Crippen LogP contribution in [0.1, 0.15) is 13.3 Å². The highest BCUT2D eigenvalue weighted by atomic mass is 19.1. The fourth-order valence-electron chi connectivity index (χ4n) is 2.10. The number of hydrogen-bond acceptors (Lipinski definition) is 5. The molecule has 2 rings (SSSR count). The molecular formula is C12H11F2N3O4. The summed E-state index contributed by atoms with van der Waals surface area (Å²) in [7, 11) is 0. The molecule has 2 amide bonds. The lowest BCUT2D eigenvalue weighted by molar-refractivity contribution is -0.387. The summed E-state index contributed by atoms with van der Waals surface area (Å²) in [6, 6.07) is 0.00749. The summed E-state index contributed by atoms with van der Waals surface area (Å²) in [5.74, 6) is -3.36. The number of hydrogen-bond donors (Lipinski definition) is 1. The van der Waals surface area contributed by atoms with Gasteiger partial charge in [-0.1, -0.05) is 0 Å². The molecule has 1 unspecified atom stereocenters. The zero-order valence-electron chi connectivity index (χ0n) is 10.9. The zero-order valence-corrected chi connectivity index (χ0v) is 10.9. The maximum atomic E-state index is 13.6. The van der Waals surface area contributed by atoms with Crippen molar-refractivity contribution in [3.8, 4) is 0 Å². The number of rotatable bonds is 4. The number of carbonyl (C=O) groups excluding carboxylic acids is 2. The van der Waals surface area contributed by atoms with E-state index in [0.717, 1.165) is 4.90 Å². The fourth-order valence-corrected chi connectivity index (χ4v) is 2.10. The molecular weight excluding hydrogens is 288 g/mol. The highest BCUT2D eigenvalue weighted by Crippen LogP contribution is 2.27. The van der Waals surface area contributed by atoms with E-state index in [4.69, 9.17) is 0 Å². The topological polar surface area (TPSA) is 92.6 Å². The molecule has 1 aliphatic rings. The van der Waals surface area contributed by atoms with E-state index in [0.29, 0.717) is 12.1 Å². The normalized spacial score (nSPS) is 18.2. The predicted molar refractivity (Wildman–Crippen MR) is 67.4 cm³/mol. The highest BCUT2D eigenvalue weighted by Gasteiger charge is 2.38. The molecule has 112 valence electrons. The van der Waals surface area contributed by atoms with Crippen LogP contribution < -0.4 is 5.32 Å². The van der Waals surface area contributed by atoms with Crippen molar-refractivity contribution in [1.82, 2.24) is 4.90 Å². The van der Waals surface area contributed by atoms with E-state index >= 15 is 0 Å². The van der Waals surface area contributed by atoms with Gasteiger partial charge < -0.3 is 5.32 Å². The lowest BCUT2D eigenvalue weighted by Crippen LogP contribution is -2.34. The van der Waals surface area contributed by atoms with Crippen LogP contribution in [0.15, 0.2) is 12.1 Å². The molecule has 0 saturated carbocycles. The minimum Gasteiger partial charge on any atom is -0.371 e. The number of nitro benzene ring substituents is 1. The number of carbonyl (C=O) groups is 2. The lowest BCUT2D eigenvalue weighted by Gasteiger charge is -2.14. The second kappa shape index (κ2) is 5.43. The Balaban J connectivity index is 2.28. The molecule has 0 aromatic heterocycles. The SMILES string of the molecule is CCN1C(=O)CC(Nc2cc([N+](=O)[O-])c(F)cc2F)C1=O. The molecule has 1 atom stereocenters. The quantitative estimate of drug-likeness (QED) is 0.516. The summed E-state index contributed by atoms with van der Waals surface area (Å²) in [5, 5.41) is 13.0. The number of nitrogens with zero attached hydrogens (tertiary/aromatic N) is 2. The van der Waals surface area contributed by atoms with Crippen LogP contribution in [-0.4, -0.2) is 34.2 Å². The van der Waals surface area contributed by atoms with E-state index in [2.05, 4.69) is 5.32 Å². The third kappa shape index (κ3) is 2.67. The minimum absolute atomic E-state index is 0.182. The van der Waals surface area contributed by atoms with Gasteiger partial charge in [-0.25, -0.2) is 4.39 Å². The van der Waals surface area contributed by atoms with Gasteiger partial charge in [0, 0.05) is 18.7 Å². The molecule has 7 nitrogen and oxygen atoms in total. The van der Waals surface area contributed by atoms with Crippen molar-refractivity contribution < 1.29 is 23.3 Å². The Labute approximate surface area is 117 Å². The second-order valence-electron chi connectivity index (χ2n) is 4.42. The van der Waals surface area contributed by atoms with Gasteiger partial charge in [-0.05, 0) is 6.92 Å². The standard InChI is InChI=1S/C12H11F2N3O4/c1-2-16-11(18)5-9(12(16)19)15-8-4-10(17(20)21)7(14)3-6(8)13/h3-4,9,15H,2,5H2,1H3. The molecule has 0 aliphatic carbocycles. The van der Waals surface area contributed by atoms with Crippen molar-refractivity contribution in [3.63, 3.8) is 0 Å². The van der Waals surface area contributed by atoms with Gasteiger partial charge in [0.2, 0.25) is 11.7 Å². The summed E-state index contributed by atoms with van der Waals surface area (Å²) < 4.78 is 26.8. The maximum Gasteiger partial charge on any atom is 0.307 e. The molecule has 1 fully saturated rings. The Morgan fingerprint density at radius 3 is 2.57 bits per heavy atom. The molecule has 0 bridgehead atoms. The first-order chi connectivity index (χ1) is 9.85. The first-order valence-corrected chi connectivity index (χ1v) is 6.09. The number of nitrogens with one attached hydrogen (secondary N) is 1. The average molecular weight is 299 g/mol. The first kappa shape index (κ1) is 14.8. The van der Waals surface area contributed by atoms with Crippen LogP contribution in [0.25, 0.3) is 0 Å². The Hall–Kier alpha value is -2.58. The molecule has 1 heterocycles. The van der Waals surface area contributed by atoms with Crippen LogP contribution in [0.2, 0.25) is 0 Å². The van der Waals surface area contributed by atoms with Crippen molar-refractivity contribution in [1.29, 1.82) is 0 Å². The molecule has 21 heavy (non-hydrogen) atoms. The largest absolute Gasteiger partial charge is 0.371 e. The number of likely N-dealkylation sites (N-methyl/N-ethyl adjacent to an activating group) is 1. The highest BCUT2D eigenvalue weighted by molar-refractivity contribution is 6.06. The van der Waals surface area contributed by atoms with E-state index < -0.39 is 45.8 Å². The van der Waals surface area contributed by atoms with Crippen LogP contribution in [0.5, 0.6) is 0 Å². The third-order valence-corrected chi connectivity index (χ3v) is 3.12. The van der Waals surface area contributed by atoms with Gasteiger partial charge in [0.25, 0.3) is 5.91 Å². The number of nitro groups is 1. The van der Waals surface area contributed by atoms with E-state index in [1.807, 2.05) is 0 Å². The predicted octanol–water partition coefficient (Wildman–Crippen LogP) is 1.43. The Morgan fingerprint density at radius 1 is 1.38 bits per heavy atom. The molecule has 1 aromatic carbocycles. The van der Waals surface area contributed by atoms with Crippen LogP contribution >= 0.6 is 0 Å². The van der Waals surface area contributed by atoms with E-state index in [9.17, 15) is 28.5 Å². The summed E-state index contributed by atoms with van der Waals surface area (Å²) >= 11 is 0. The van der Waals surface area contributed by atoms with Gasteiger partial charge in [-0.3, -0.25) is 24.6 Å². The number of benzene rings is 1. The summed E-state index contributed by atoms with van der Waals surface area (Å²) in [6.45, 7) is 1.80. The molecule has 0 radical (unpaired) electrons. The van der Waals surface area contributed by atoms with Crippen molar-refractivity contribution in [3.05, 3.63) is 33.9 Å². The summed E-state index contributed by atoms with van der Waals surface area (Å²) in [4.78, 5) is 34.0. The Morgan fingerprint density at radius 2 is 2.05 bits per heavy atom. The maximum absolute atomic E-state index is 13.6. The zero-order chi connectivity index (χ0) is 15.7. The minimum atomic E-state index is -1.31. The van der Waals surface area contributed by atoms with Crippen LogP contribution in [0.4, 0.5) is 20.2 Å². The smallest absolute Gasteiger partial charge is 0.307 e. The number of likely N-dealkylation sites (tertiary alicyclic amines) is 1. The lowest BCUT2D eigenvalue weighted by atomic mass is 10.2. The molecule has 9 heteroatoms. The number of anilines is 1. The van der Waals surface area contributed by atoms with Crippen LogP contribution in [0, 0.1) is 21.7 Å². The van der Waals surface area contributed by atoms with E-state index in [-0.39, 0.29) is 13.0 Å². The number of amides is 2. The first-order valence-electron chi connectivity index (χ1n) is 6.09. The van der Waals surface area contributed by atoms with Crippen molar-refractivity contribution >= 4 is 23.2 Å². The summed E-state index contributed by atoms with van der Waals surface area (Å²) in [6.07, 6.45) is -0.183. The van der Waals surface area contributed by atoms with Crippen molar-refractivity contribution in [2.75, 3.05) is 11.9 Å². The summed E-state index contributed by atoms with van der Waals surface area (Å²) in [5.41, 5.74) is -1.31. The van der Waals surface area contributed by atoms with Crippen LogP contribution in [-0.2, 0) is 9.59 Å². The Kier molecular flexibility index (Phi) is 3.83. The van der Waals surface area contributed by atoms with E-state index in [1.54, 1.807) is 6.92 Å². The van der Waals surface area contributed by atoms with Gasteiger partial charge in [-0.2, -0.15) is 4.39 Å². The number of halogens is 2. The van der Waals surface area contributed by atoms with Gasteiger partial charge in [0.15, 0.2) is 0 Å². The average Bonchev–Trinajstić information content (AvgIpc) is 2.66. The molecule has 1 aliphatic heterocycles. The third-order valence-electron chi connectivity index (χ3n) is 3.12. The molecule has 1 N–H and O–H groups in total. The molecule has 1 saturated heterocycles. The van der Waals surface area contributed by atoms with Crippen LogP contribution in [0.3, 0.4) is 0 Å². The van der Waals surface area contributed by atoms with Gasteiger partial charge in [0.1, 0.15) is 11.9 Å². The van der Waals surface area contributed by atoms with Crippen molar-refractivity contribution in [2.24, 2.45) is 0 Å². The number of imide groups is 1. The molecule has 1 aromatic rings. The Bertz CT molecular complexity index is 635. The van der Waals surface area contributed by atoms with E-state index in [1.165, 1.54) is 0 Å². The second-order valence-corrected chi connectivity index (χ2v) is 4.42. The van der Waals surface area contributed by atoms with Gasteiger partial charge in [0.05, 0.1) is 17.0 Å².